The lowest BCUT2D eigenvalue weighted by molar-refractivity contribution is 0.601. The van der Waals surface area contributed by atoms with Gasteiger partial charge in [-0.2, -0.15) is 8.42 Å². The van der Waals surface area contributed by atoms with Crippen molar-refractivity contribution >= 4 is 39.5 Å². The molecule has 1 rings (SSSR count). The fourth-order valence-electron chi connectivity index (χ4n) is 0.948. The molecule has 4 nitrogen and oxygen atoms in total. The number of halogens is 2. The van der Waals surface area contributed by atoms with Gasteiger partial charge >= 0.3 is 8.26 Å². The third-order valence-corrected chi connectivity index (χ3v) is 2.55. The highest BCUT2D eigenvalue weighted by molar-refractivity contribution is 8.31. The molecule has 0 atom stereocenters. The molecule has 0 spiro atoms. The van der Waals surface area contributed by atoms with Gasteiger partial charge in [0.1, 0.15) is 9.84 Å². The quantitative estimate of drug-likeness (QED) is 0.799. The Labute approximate surface area is 110 Å². The summed E-state index contributed by atoms with van der Waals surface area (Å²) in [6.07, 6.45) is 1.87. The smallest absolute Gasteiger partial charge is 0.229 e. The predicted octanol–water partition coefficient (Wildman–Crippen LogP) is 1.98. The molecular formula is C9H12Cl2O4S2. The van der Waals surface area contributed by atoms with Gasteiger partial charge in [-0.3, -0.25) is 0 Å². The second-order valence-corrected chi connectivity index (χ2v) is 9.17. The van der Waals surface area contributed by atoms with Gasteiger partial charge in [0.25, 0.3) is 0 Å². The van der Waals surface area contributed by atoms with Crippen molar-refractivity contribution in [1.29, 1.82) is 0 Å². The predicted molar refractivity (Wildman–Crippen MR) is 70.5 cm³/mol. The number of rotatable bonds is 3. The molecule has 0 N–H and O–H groups in total. The molecule has 17 heavy (non-hydrogen) atoms. The zero-order chi connectivity index (χ0) is 13.5. The van der Waals surface area contributed by atoms with Crippen LogP contribution in [0.4, 0.5) is 0 Å². The second kappa shape index (κ2) is 7.20. The van der Waals surface area contributed by atoms with E-state index in [2.05, 4.69) is 21.4 Å². The molecule has 0 radical (unpaired) electrons. The van der Waals surface area contributed by atoms with E-state index in [4.69, 9.17) is 8.42 Å². The maximum atomic E-state index is 10.8. The summed E-state index contributed by atoms with van der Waals surface area (Å²) < 4.78 is 39.9. The van der Waals surface area contributed by atoms with Crippen molar-refractivity contribution in [2.45, 2.75) is 6.42 Å². The molecule has 1 aromatic rings. The molecule has 0 aliphatic heterocycles. The minimum Gasteiger partial charge on any atom is -0.229 e. The van der Waals surface area contributed by atoms with Crippen molar-refractivity contribution in [2.24, 2.45) is 0 Å². The highest BCUT2D eigenvalue weighted by atomic mass is 36.0. The number of aryl methyl sites for hydroxylation is 1. The van der Waals surface area contributed by atoms with E-state index < -0.39 is 18.1 Å². The van der Waals surface area contributed by atoms with Crippen molar-refractivity contribution < 1.29 is 16.8 Å². The Morgan fingerprint density at radius 1 is 1.00 bits per heavy atom. The Balaban J connectivity index is 0.000000437. The first kappa shape index (κ1) is 16.7. The first-order chi connectivity index (χ1) is 7.58. The van der Waals surface area contributed by atoms with Crippen LogP contribution >= 0.6 is 21.4 Å². The van der Waals surface area contributed by atoms with Gasteiger partial charge in [-0.15, -0.1) is 0 Å². The van der Waals surface area contributed by atoms with E-state index in [1.54, 1.807) is 0 Å². The second-order valence-electron chi connectivity index (χ2n) is 3.24. The lowest BCUT2D eigenvalue weighted by Crippen LogP contribution is -2.05. The highest BCUT2D eigenvalue weighted by Gasteiger charge is 2.01. The van der Waals surface area contributed by atoms with Gasteiger partial charge in [-0.1, -0.05) is 30.3 Å². The van der Waals surface area contributed by atoms with Crippen LogP contribution in [0, 0.1) is 0 Å². The molecule has 0 heterocycles. The normalized spacial score (nSPS) is 11.5. The van der Waals surface area contributed by atoms with E-state index >= 15 is 0 Å². The molecule has 1 aromatic carbocycles. The summed E-state index contributed by atoms with van der Waals surface area (Å²) in [6.45, 7) is 0. The number of hydrogen-bond acceptors (Lipinski definition) is 4. The molecule has 8 heteroatoms. The molecule has 0 bridgehead atoms. The van der Waals surface area contributed by atoms with Crippen molar-refractivity contribution in [3.05, 3.63) is 35.9 Å². The van der Waals surface area contributed by atoms with Crippen LogP contribution in [0.25, 0.3) is 0 Å². The first-order valence-corrected chi connectivity index (χ1v) is 9.63. The van der Waals surface area contributed by atoms with Crippen LogP contribution in [-0.4, -0.2) is 28.8 Å². The molecule has 0 fully saturated rings. The van der Waals surface area contributed by atoms with E-state index in [1.165, 1.54) is 6.26 Å². The zero-order valence-corrected chi connectivity index (χ0v) is 12.2. The average Bonchev–Trinajstić information content (AvgIpc) is 2.13. The fourth-order valence-corrected chi connectivity index (χ4v) is 1.55. The van der Waals surface area contributed by atoms with Crippen LogP contribution < -0.4 is 0 Å². The van der Waals surface area contributed by atoms with E-state index in [-0.39, 0.29) is 5.75 Å². The van der Waals surface area contributed by atoms with Gasteiger partial charge < -0.3 is 0 Å². The minimum absolute atomic E-state index is 0.233. The number of benzene rings is 1. The van der Waals surface area contributed by atoms with Crippen LogP contribution in [0.2, 0.25) is 0 Å². The minimum atomic E-state index is -3.72. The lowest BCUT2D eigenvalue weighted by atomic mass is 10.2. The standard InChI is InChI=1S/C9H12O2S.Cl2O2S/c1-12(10,11)8-7-9-5-3-2-4-6-9;1-5(2,3)4/h2-6H,7-8H2,1H3;. The van der Waals surface area contributed by atoms with E-state index in [0.717, 1.165) is 5.56 Å². The summed E-state index contributed by atoms with van der Waals surface area (Å²) in [5.41, 5.74) is 1.07. The monoisotopic (exact) mass is 318 g/mol. The Kier molecular flexibility index (Phi) is 7.08. The fraction of sp³-hybridized carbons (Fsp3) is 0.333. The van der Waals surface area contributed by atoms with E-state index in [0.29, 0.717) is 6.42 Å². The largest absolute Gasteiger partial charge is 0.317 e. The Bertz CT molecular complexity index is 515. The van der Waals surface area contributed by atoms with Gasteiger partial charge in [0.15, 0.2) is 0 Å². The summed E-state index contributed by atoms with van der Waals surface area (Å²) in [4.78, 5) is 0. The van der Waals surface area contributed by atoms with Crippen molar-refractivity contribution in [2.75, 3.05) is 12.0 Å². The zero-order valence-electron chi connectivity index (χ0n) is 9.01. The Hall–Kier alpha value is -0.300. The topological polar surface area (TPSA) is 68.3 Å². The van der Waals surface area contributed by atoms with Crippen molar-refractivity contribution in [3.63, 3.8) is 0 Å². The lowest BCUT2D eigenvalue weighted by Gasteiger charge is -1.98. The van der Waals surface area contributed by atoms with Gasteiger partial charge in [0, 0.05) is 27.6 Å². The molecule has 98 valence electrons. The SMILES string of the molecule is CS(=O)(=O)CCc1ccccc1.O=S(=O)(Cl)Cl. The third kappa shape index (κ3) is 15.7. The summed E-state index contributed by atoms with van der Waals surface area (Å²) in [6, 6.07) is 9.62. The van der Waals surface area contributed by atoms with Crippen LogP contribution in [0.5, 0.6) is 0 Å². The van der Waals surface area contributed by atoms with Crippen molar-refractivity contribution in [3.8, 4) is 0 Å². The maximum Gasteiger partial charge on any atom is 0.317 e. The molecule has 0 saturated carbocycles. The number of sulfone groups is 1. The van der Waals surface area contributed by atoms with E-state index in [1.807, 2.05) is 30.3 Å². The molecule has 0 saturated heterocycles. The first-order valence-electron chi connectivity index (χ1n) is 4.44. The van der Waals surface area contributed by atoms with Crippen molar-refractivity contribution in [1.82, 2.24) is 0 Å². The summed E-state index contributed by atoms with van der Waals surface area (Å²) in [7, 11) is 1.99. The van der Waals surface area contributed by atoms with Crippen LogP contribution in [0.3, 0.4) is 0 Å². The van der Waals surface area contributed by atoms with Crippen LogP contribution in [0.1, 0.15) is 5.56 Å². The summed E-state index contributed by atoms with van der Waals surface area (Å²) in [5.74, 6) is 0.233. The third-order valence-electron chi connectivity index (χ3n) is 1.60. The van der Waals surface area contributed by atoms with E-state index in [9.17, 15) is 8.42 Å². The number of hydrogen-bond donors (Lipinski definition) is 0. The van der Waals surface area contributed by atoms with Crippen LogP contribution in [-0.2, 0) is 24.5 Å². The van der Waals surface area contributed by atoms with Crippen LogP contribution in [0.15, 0.2) is 30.3 Å². The maximum absolute atomic E-state index is 10.8. The molecular weight excluding hydrogens is 307 g/mol. The molecule has 0 aliphatic rings. The van der Waals surface area contributed by atoms with Gasteiger partial charge in [-0.25, -0.2) is 8.42 Å². The Morgan fingerprint density at radius 3 is 1.76 bits per heavy atom. The van der Waals surface area contributed by atoms with Gasteiger partial charge in [0.2, 0.25) is 0 Å². The van der Waals surface area contributed by atoms with Gasteiger partial charge in [-0.05, 0) is 12.0 Å². The summed E-state index contributed by atoms with van der Waals surface area (Å²) >= 11 is 0. The summed E-state index contributed by atoms with van der Waals surface area (Å²) in [5, 5.41) is 0. The molecule has 0 amide bonds. The van der Waals surface area contributed by atoms with Gasteiger partial charge in [0.05, 0.1) is 5.75 Å². The molecule has 0 aliphatic carbocycles. The Morgan fingerprint density at radius 2 is 1.41 bits per heavy atom. The average molecular weight is 319 g/mol. The molecule has 0 aromatic heterocycles. The highest BCUT2D eigenvalue weighted by Crippen LogP contribution is 2.00. The molecule has 0 unspecified atom stereocenters.